The van der Waals surface area contributed by atoms with Gasteiger partial charge in [0.25, 0.3) is 0 Å². The van der Waals surface area contributed by atoms with Crippen molar-refractivity contribution in [2.24, 2.45) is 0 Å². The van der Waals surface area contributed by atoms with Crippen molar-refractivity contribution in [2.45, 2.75) is 6.18 Å². The van der Waals surface area contributed by atoms with Crippen LogP contribution in [0.5, 0.6) is 5.75 Å². The van der Waals surface area contributed by atoms with Gasteiger partial charge < -0.3 is 4.74 Å². The minimum atomic E-state index is -4.55. The predicted molar refractivity (Wildman–Crippen MR) is 63.4 cm³/mol. The third-order valence-corrected chi connectivity index (χ3v) is 2.67. The molecule has 0 unspecified atom stereocenters. The average Bonchev–Trinajstić information content (AvgIpc) is 2.38. The Bertz CT molecular complexity index is 576. The van der Waals surface area contributed by atoms with Crippen molar-refractivity contribution >= 4 is 0 Å². The van der Waals surface area contributed by atoms with Gasteiger partial charge in [-0.1, -0.05) is 30.3 Å². The Morgan fingerprint density at radius 1 is 1.00 bits per heavy atom. The molecule has 2 rings (SSSR count). The van der Waals surface area contributed by atoms with Crippen LogP contribution in [0.25, 0.3) is 11.1 Å². The van der Waals surface area contributed by atoms with Gasteiger partial charge in [-0.2, -0.15) is 13.2 Å². The van der Waals surface area contributed by atoms with Crippen LogP contribution in [0.3, 0.4) is 0 Å². The molecule has 19 heavy (non-hydrogen) atoms. The fourth-order valence-corrected chi connectivity index (χ4v) is 1.74. The minimum Gasteiger partial charge on any atom is -0.494 e. The Labute approximate surface area is 107 Å². The van der Waals surface area contributed by atoms with Crippen molar-refractivity contribution in [3.05, 3.63) is 53.8 Å². The van der Waals surface area contributed by atoms with Gasteiger partial charge in [0.15, 0.2) is 11.6 Å². The Hall–Kier alpha value is -2.04. The second-order valence-electron chi connectivity index (χ2n) is 3.90. The number of hydrogen-bond donors (Lipinski definition) is 0. The number of benzene rings is 2. The highest BCUT2D eigenvalue weighted by Gasteiger charge is 2.32. The molecule has 2 aromatic rings. The largest absolute Gasteiger partial charge is 0.494 e. The molecule has 0 saturated carbocycles. The molecular weight excluding hydrogens is 260 g/mol. The molecule has 100 valence electrons. The van der Waals surface area contributed by atoms with E-state index in [2.05, 4.69) is 4.74 Å². The zero-order valence-corrected chi connectivity index (χ0v) is 9.96. The highest BCUT2D eigenvalue weighted by Crippen LogP contribution is 2.37. The van der Waals surface area contributed by atoms with Crippen molar-refractivity contribution in [3.8, 4) is 16.9 Å². The minimum absolute atomic E-state index is 0.132. The fourth-order valence-electron chi connectivity index (χ4n) is 1.74. The highest BCUT2D eigenvalue weighted by atomic mass is 19.4. The van der Waals surface area contributed by atoms with E-state index in [1.54, 1.807) is 18.2 Å². The predicted octanol–water partition coefficient (Wildman–Crippen LogP) is 4.52. The molecule has 0 amide bonds. The number of alkyl halides is 3. The highest BCUT2D eigenvalue weighted by molar-refractivity contribution is 5.67. The molecule has 0 aliphatic rings. The lowest BCUT2D eigenvalue weighted by Crippen LogP contribution is -2.07. The Kier molecular flexibility index (Phi) is 3.46. The Morgan fingerprint density at radius 3 is 2.16 bits per heavy atom. The van der Waals surface area contributed by atoms with E-state index in [1.165, 1.54) is 12.1 Å². The van der Waals surface area contributed by atoms with Crippen molar-refractivity contribution in [1.82, 2.24) is 0 Å². The van der Waals surface area contributed by atoms with E-state index in [1.807, 2.05) is 0 Å². The standard InChI is InChI=1S/C14H10F4O/c1-19-12-8-10(14(16,17)18)7-11(13(12)15)9-5-3-2-4-6-9/h2-8H,1H3. The fraction of sp³-hybridized carbons (Fsp3) is 0.143. The molecule has 0 heterocycles. The first-order valence-electron chi connectivity index (χ1n) is 5.43. The van der Waals surface area contributed by atoms with Crippen molar-refractivity contribution < 1.29 is 22.3 Å². The van der Waals surface area contributed by atoms with Crippen LogP contribution in [0.4, 0.5) is 17.6 Å². The number of halogens is 4. The third-order valence-electron chi connectivity index (χ3n) is 2.67. The van der Waals surface area contributed by atoms with Gasteiger partial charge in [-0.3, -0.25) is 0 Å². The summed E-state index contributed by atoms with van der Waals surface area (Å²) < 4.78 is 57.0. The summed E-state index contributed by atoms with van der Waals surface area (Å²) in [6.45, 7) is 0. The average molecular weight is 270 g/mol. The molecule has 5 heteroatoms. The van der Waals surface area contributed by atoms with Crippen LogP contribution in [0.2, 0.25) is 0 Å². The van der Waals surface area contributed by atoms with Crippen molar-refractivity contribution in [3.63, 3.8) is 0 Å². The SMILES string of the molecule is COc1cc(C(F)(F)F)cc(-c2ccccc2)c1F. The molecule has 0 spiro atoms. The van der Waals surface area contributed by atoms with Crippen LogP contribution in [0, 0.1) is 5.82 Å². The van der Waals surface area contributed by atoms with E-state index >= 15 is 0 Å². The quantitative estimate of drug-likeness (QED) is 0.729. The van der Waals surface area contributed by atoms with Gasteiger partial charge in [-0.25, -0.2) is 4.39 Å². The van der Waals surface area contributed by atoms with Gasteiger partial charge in [0.05, 0.1) is 12.7 Å². The van der Waals surface area contributed by atoms with E-state index < -0.39 is 23.3 Å². The first kappa shape index (κ1) is 13.4. The van der Waals surface area contributed by atoms with E-state index in [0.29, 0.717) is 11.6 Å². The molecular formula is C14H10F4O. The zero-order chi connectivity index (χ0) is 14.0. The molecule has 0 atom stereocenters. The van der Waals surface area contributed by atoms with E-state index in [-0.39, 0.29) is 5.56 Å². The first-order valence-corrected chi connectivity index (χ1v) is 5.43. The summed E-state index contributed by atoms with van der Waals surface area (Å²) in [4.78, 5) is 0. The van der Waals surface area contributed by atoms with E-state index in [4.69, 9.17) is 0 Å². The van der Waals surface area contributed by atoms with Gasteiger partial charge >= 0.3 is 6.18 Å². The smallest absolute Gasteiger partial charge is 0.416 e. The van der Waals surface area contributed by atoms with Gasteiger partial charge in [0.2, 0.25) is 0 Å². The number of hydrogen-bond acceptors (Lipinski definition) is 1. The maximum absolute atomic E-state index is 14.0. The van der Waals surface area contributed by atoms with Crippen LogP contribution >= 0.6 is 0 Å². The monoisotopic (exact) mass is 270 g/mol. The van der Waals surface area contributed by atoms with Gasteiger partial charge in [0, 0.05) is 5.56 Å². The summed E-state index contributed by atoms with van der Waals surface area (Å²) in [6, 6.07) is 9.47. The summed E-state index contributed by atoms with van der Waals surface area (Å²) in [5, 5.41) is 0. The molecule has 0 fully saturated rings. The zero-order valence-electron chi connectivity index (χ0n) is 9.96. The molecule has 0 radical (unpaired) electrons. The van der Waals surface area contributed by atoms with Crippen LogP contribution in [-0.4, -0.2) is 7.11 Å². The van der Waals surface area contributed by atoms with Gasteiger partial charge in [0.1, 0.15) is 0 Å². The number of rotatable bonds is 2. The van der Waals surface area contributed by atoms with Crippen LogP contribution in [0.1, 0.15) is 5.56 Å². The first-order chi connectivity index (χ1) is 8.93. The lowest BCUT2D eigenvalue weighted by Gasteiger charge is -2.13. The molecule has 0 bridgehead atoms. The van der Waals surface area contributed by atoms with Gasteiger partial charge in [-0.15, -0.1) is 0 Å². The summed E-state index contributed by atoms with van der Waals surface area (Å²) in [7, 11) is 1.13. The van der Waals surface area contributed by atoms with Crippen LogP contribution < -0.4 is 4.74 Å². The summed E-state index contributed by atoms with van der Waals surface area (Å²) >= 11 is 0. The molecule has 2 aromatic carbocycles. The third kappa shape index (κ3) is 2.70. The van der Waals surface area contributed by atoms with Crippen molar-refractivity contribution in [2.75, 3.05) is 7.11 Å². The summed E-state index contributed by atoms with van der Waals surface area (Å²) in [5.41, 5.74) is -0.707. The normalized spacial score (nSPS) is 11.4. The van der Waals surface area contributed by atoms with E-state index in [0.717, 1.165) is 13.2 Å². The molecule has 0 N–H and O–H groups in total. The lowest BCUT2D eigenvalue weighted by atomic mass is 10.0. The molecule has 0 aromatic heterocycles. The molecule has 0 aliphatic heterocycles. The van der Waals surface area contributed by atoms with E-state index in [9.17, 15) is 17.6 Å². The maximum atomic E-state index is 14.0. The van der Waals surface area contributed by atoms with Crippen LogP contribution in [0.15, 0.2) is 42.5 Å². The maximum Gasteiger partial charge on any atom is 0.416 e. The molecule has 1 nitrogen and oxygen atoms in total. The molecule has 0 aliphatic carbocycles. The number of methoxy groups -OCH3 is 1. The summed E-state index contributed by atoms with van der Waals surface area (Å²) in [6.07, 6.45) is -4.55. The summed E-state index contributed by atoms with van der Waals surface area (Å²) in [5.74, 6) is -1.23. The number of ether oxygens (including phenoxy) is 1. The Balaban J connectivity index is 2.66. The lowest BCUT2D eigenvalue weighted by molar-refractivity contribution is -0.137. The van der Waals surface area contributed by atoms with Crippen molar-refractivity contribution in [1.29, 1.82) is 0 Å². The van der Waals surface area contributed by atoms with Crippen LogP contribution in [-0.2, 0) is 6.18 Å². The Morgan fingerprint density at radius 2 is 1.63 bits per heavy atom. The topological polar surface area (TPSA) is 9.23 Å². The molecule has 0 saturated heterocycles. The second kappa shape index (κ2) is 4.91. The van der Waals surface area contributed by atoms with Gasteiger partial charge in [-0.05, 0) is 17.7 Å². The second-order valence-corrected chi connectivity index (χ2v) is 3.90.